The lowest BCUT2D eigenvalue weighted by atomic mass is 10.0. The SMILES string of the molecule is CCCc1cc(=O)oc2cc(C)cc(OC(=O)[C@@H](Cc3ccccc3)NS(=O)(=O)c3ccc(C)cc3)c12. The van der Waals surface area contributed by atoms with E-state index in [0.717, 1.165) is 23.1 Å². The maximum atomic E-state index is 13.5. The van der Waals surface area contributed by atoms with E-state index in [4.69, 9.17) is 9.15 Å². The predicted molar refractivity (Wildman–Crippen MR) is 142 cm³/mol. The van der Waals surface area contributed by atoms with E-state index in [1.165, 1.54) is 18.2 Å². The molecule has 0 radical (unpaired) electrons. The molecule has 3 aromatic carbocycles. The molecule has 0 aliphatic rings. The zero-order valence-corrected chi connectivity index (χ0v) is 21.8. The van der Waals surface area contributed by atoms with Gasteiger partial charge in [0.2, 0.25) is 10.0 Å². The van der Waals surface area contributed by atoms with Gasteiger partial charge in [0.25, 0.3) is 0 Å². The monoisotopic (exact) mass is 519 g/mol. The van der Waals surface area contributed by atoms with E-state index in [1.54, 1.807) is 31.2 Å². The molecule has 37 heavy (non-hydrogen) atoms. The Hall–Kier alpha value is -3.75. The fourth-order valence-electron chi connectivity index (χ4n) is 4.19. The number of hydrogen-bond acceptors (Lipinski definition) is 6. The molecule has 0 aliphatic heterocycles. The largest absolute Gasteiger partial charge is 0.425 e. The third kappa shape index (κ3) is 6.34. The highest BCUT2D eigenvalue weighted by atomic mass is 32.2. The number of rotatable bonds is 9. The first kappa shape index (κ1) is 26.3. The number of benzene rings is 3. The van der Waals surface area contributed by atoms with Crippen LogP contribution in [0, 0.1) is 13.8 Å². The lowest BCUT2D eigenvalue weighted by molar-refractivity contribution is -0.136. The van der Waals surface area contributed by atoms with Crippen LogP contribution in [-0.2, 0) is 27.7 Å². The first-order valence-corrected chi connectivity index (χ1v) is 13.6. The molecule has 1 N–H and O–H groups in total. The highest BCUT2D eigenvalue weighted by Gasteiger charge is 2.29. The summed E-state index contributed by atoms with van der Waals surface area (Å²) in [6, 6.07) is 19.1. The van der Waals surface area contributed by atoms with Crippen molar-refractivity contribution in [2.45, 2.75) is 51.0 Å². The molecule has 0 fully saturated rings. The van der Waals surface area contributed by atoms with Gasteiger partial charge in [0, 0.05) is 6.07 Å². The van der Waals surface area contributed by atoms with Gasteiger partial charge in [-0.25, -0.2) is 18.0 Å². The summed E-state index contributed by atoms with van der Waals surface area (Å²) in [5.74, 6) is -0.542. The van der Waals surface area contributed by atoms with E-state index < -0.39 is 27.7 Å². The second-order valence-electron chi connectivity index (χ2n) is 9.07. The zero-order valence-electron chi connectivity index (χ0n) is 21.0. The van der Waals surface area contributed by atoms with Gasteiger partial charge in [-0.1, -0.05) is 61.4 Å². The van der Waals surface area contributed by atoms with Crippen molar-refractivity contribution in [3.8, 4) is 5.75 Å². The van der Waals surface area contributed by atoms with Crippen LogP contribution < -0.4 is 15.1 Å². The molecule has 7 nitrogen and oxygen atoms in total. The number of nitrogens with one attached hydrogen (secondary N) is 1. The minimum absolute atomic E-state index is 0.0528. The van der Waals surface area contributed by atoms with Gasteiger partial charge in [-0.2, -0.15) is 4.72 Å². The van der Waals surface area contributed by atoms with Gasteiger partial charge in [0.05, 0.1) is 10.3 Å². The van der Waals surface area contributed by atoms with Gasteiger partial charge < -0.3 is 9.15 Å². The Morgan fingerprint density at radius 3 is 2.35 bits per heavy atom. The smallest absolute Gasteiger partial charge is 0.336 e. The number of carbonyl (C=O) groups excluding carboxylic acids is 1. The second-order valence-corrected chi connectivity index (χ2v) is 10.8. The normalized spacial score (nSPS) is 12.4. The third-order valence-electron chi connectivity index (χ3n) is 5.96. The van der Waals surface area contributed by atoms with Crippen molar-refractivity contribution in [3.63, 3.8) is 0 Å². The summed E-state index contributed by atoms with van der Waals surface area (Å²) in [7, 11) is -4.02. The highest BCUT2D eigenvalue weighted by Crippen LogP contribution is 2.31. The molecule has 4 rings (SSSR count). The Kier molecular flexibility index (Phi) is 7.90. The van der Waals surface area contributed by atoms with E-state index in [0.29, 0.717) is 23.0 Å². The highest BCUT2D eigenvalue weighted by molar-refractivity contribution is 7.89. The van der Waals surface area contributed by atoms with Crippen LogP contribution in [0.1, 0.15) is 35.6 Å². The van der Waals surface area contributed by atoms with Crippen LogP contribution in [0.3, 0.4) is 0 Å². The Labute approximate surface area is 216 Å². The molecule has 4 aromatic rings. The molecule has 0 saturated heterocycles. The first-order chi connectivity index (χ1) is 17.7. The zero-order chi connectivity index (χ0) is 26.6. The number of carbonyl (C=O) groups is 1. The van der Waals surface area contributed by atoms with Gasteiger partial charge in [-0.05, 0) is 67.6 Å². The number of aryl methyl sites for hydroxylation is 3. The quantitative estimate of drug-likeness (QED) is 0.193. The maximum Gasteiger partial charge on any atom is 0.336 e. The fraction of sp³-hybridized carbons (Fsp3) is 0.241. The van der Waals surface area contributed by atoms with Crippen LogP contribution in [0.5, 0.6) is 5.75 Å². The Bertz CT molecular complexity index is 1580. The standard InChI is InChI=1S/C29H29NO6S/c1-4-8-22-18-27(31)35-25-15-20(3)16-26(28(22)25)36-29(32)24(17-21-9-6-5-7-10-21)30-37(33,34)23-13-11-19(2)12-14-23/h5-7,9-16,18,24,30H,4,8,17H2,1-3H3/t24-/m1/s1. The van der Waals surface area contributed by atoms with Crippen LogP contribution >= 0.6 is 0 Å². The van der Waals surface area contributed by atoms with Gasteiger partial charge in [0.15, 0.2) is 0 Å². The Balaban J connectivity index is 1.73. The minimum Gasteiger partial charge on any atom is -0.425 e. The number of esters is 1. The molecule has 1 aromatic heterocycles. The lowest BCUT2D eigenvalue weighted by Gasteiger charge is -2.19. The molecule has 1 atom stereocenters. The topological polar surface area (TPSA) is 103 Å². The van der Waals surface area contributed by atoms with E-state index >= 15 is 0 Å². The van der Waals surface area contributed by atoms with Gasteiger partial charge in [-0.15, -0.1) is 0 Å². The lowest BCUT2D eigenvalue weighted by Crippen LogP contribution is -2.44. The van der Waals surface area contributed by atoms with Crippen LogP contribution in [0.2, 0.25) is 0 Å². The van der Waals surface area contributed by atoms with Gasteiger partial charge in [-0.3, -0.25) is 0 Å². The Morgan fingerprint density at radius 2 is 1.68 bits per heavy atom. The summed E-state index contributed by atoms with van der Waals surface area (Å²) < 4.78 is 40.1. The first-order valence-electron chi connectivity index (χ1n) is 12.1. The average molecular weight is 520 g/mol. The molecule has 0 amide bonds. The minimum atomic E-state index is -4.02. The summed E-state index contributed by atoms with van der Waals surface area (Å²) in [4.78, 5) is 25.7. The summed E-state index contributed by atoms with van der Waals surface area (Å²) in [5.41, 5.74) is 2.96. The van der Waals surface area contributed by atoms with E-state index in [2.05, 4.69) is 4.72 Å². The summed E-state index contributed by atoms with van der Waals surface area (Å²) >= 11 is 0. The average Bonchev–Trinajstić information content (AvgIpc) is 2.84. The van der Waals surface area contributed by atoms with Crippen LogP contribution in [-0.4, -0.2) is 20.4 Å². The summed E-state index contributed by atoms with van der Waals surface area (Å²) in [5, 5.41) is 0.528. The molecule has 0 unspecified atom stereocenters. The molecular formula is C29H29NO6S. The molecule has 0 spiro atoms. The summed E-state index contributed by atoms with van der Waals surface area (Å²) in [6.07, 6.45) is 1.45. The van der Waals surface area contributed by atoms with Gasteiger partial charge in [0.1, 0.15) is 17.4 Å². The second kappa shape index (κ2) is 11.1. The van der Waals surface area contributed by atoms with Crippen molar-refractivity contribution < 1.29 is 22.4 Å². The van der Waals surface area contributed by atoms with Crippen LogP contribution in [0.4, 0.5) is 0 Å². The van der Waals surface area contributed by atoms with Gasteiger partial charge >= 0.3 is 11.6 Å². The van der Waals surface area contributed by atoms with Crippen molar-refractivity contribution in [2.75, 3.05) is 0 Å². The number of fused-ring (bicyclic) bond motifs is 1. The molecule has 1 heterocycles. The van der Waals surface area contributed by atoms with Crippen molar-refractivity contribution >= 4 is 27.0 Å². The molecule has 0 saturated carbocycles. The van der Waals surface area contributed by atoms with Crippen molar-refractivity contribution in [2.24, 2.45) is 0 Å². The predicted octanol–water partition coefficient (Wildman–Crippen LogP) is 4.86. The molecule has 8 heteroatoms. The summed E-state index contributed by atoms with van der Waals surface area (Å²) in [6.45, 7) is 5.64. The molecular weight excluding hydrogens is 490 g/mol. The van der Waals surface area contributed by atoms with E-state index in [1.807, 2.05) is 44.2 Å². The number of hydrogen-bond donors (Lipinski definition) is 1. The van der Waals surface area contributed by atoms with E-state index in [-0.39, 0.29) is 17.1 Å². The van der Waals surface area contributed by atoms with Crippen LogP contribution in [0.25, 0.3) is 11.0 Å². The fourth-order valence-corrected chi connectivity index (χ4v) is 5.38. The molecule has 0 bridgehead atoms. The Morgan fingerprint density at radius 1 is 0.973 bits per heavy atom. The van der Waals surface area contributed by atoms with Crippen LogP contribution in [0.15, 0.2) is 86.9 Å². The maximum absolute atomic E-state index is 13.5. The third-order valence-corrected chi connectivity index (χ3v) is 7.45. The molecule has 0 aliphatic carbocycles. The number of ether oxygens (including phenoxy) is 1. The molecule has 192 valence electrons. The number of sulfonamides is 1. The van der Waals surface area contributed by atoms with Crippen molar-refractivity contribution in [3.05, 3.63) is 105 Å². The van der Waals surface area contributed by atoms with Crippen molar-refractivity contribution in [1.82, 2.24) is 4.72 Å². The van der Waals surface area contributed by atoms with Crippen molar-refractivity contribution in [1.29, 1.82) is 0 Å². The van der Waals surface area contributed by atoms with E-state index in [9.17, 15) is 18.0 Å².